The van der Waals surface area contributed by atoms with E-state index in [9.17, 15) is 19.8 Å². The van der Waals surface area contributed by atoms with Crippen molar-refractivity contribution >= 4 is 11.9 Å². The number of hydrogen-bond acceptors (Lipinski definition) is 5. The van der Waals surface area contributed by atoms with E-state index in [1.54, 1.807) is 0 Å². The van der Waals surface area contributed by atoms with E-state index in [2.05, 4.69) is 43.5 Å². The fraction of sp³-hybridized carbons (Fsp3) is 0.909. The predicted octanol–water partition coefficient (Wildman–Crippen LogP) is 20.6. The molecule has 0 bridgehead atoms. The Balaban J connectivity index is 3.30. The lowest BCUT2D eigenvalue weighted by atomic mass is 10.0. The van der Waals surface area contributed by atoms with Crippen molar-refractivity contribution in [1.29, 1.82) is 0 Å². The van der Waals surface area contributed by atoms with Gasteiger partial charge in [-0.2, -0.15) is 0 Å². The summed E-state index contributed by atoms with van der Waals surface area (Å²) in [4.78, 5) is 24.5. The van der Waals surface area contributed by atoms with Crippen LogP contribution >= 0.6 is 0 Å². The Morgan fingerprint density at radius 3 is 1.07 bits per heavy atom. The number of carbonyl (C=O) groups excluding carboxylic acids is 2. The number of ether oxygens (including phenoxy) is 1. The lowest BCUT2D eigenvalue weighted by Crippen LogP contribution is -2.45. The monoisotopic (exact) mass is 1010 g/mol. The van der Waals surface area contributed by atoms with E-state index in [1.165, 1.54) is 276 Å². The molecule has 426 valence electrons. The fourth-order valence-corrected chi connectivity index (χ4v) is 10.3. The van der Waals surface area contributed by atoms with E-state index in [0.29, 0.717) is 25.9 Å². The molecule has 6 heteroatoms. The molecule has 6 nitrogen and oxygen atoms in total. The number of carbonyl (C=O) groups is 2. The Morgan fingerprint density at radius 2 is 0.694 bits per heavy atom. The number of aliphatic hydroxyl groups excluding tert-OH is 2. The summed E-state index contributed by atoms with van der Waals surface area (Å²) >= 11 is 0. The summed E-state index contributed by atoms with van der Waals surface area (Å²) in [5.74, 6) is -0.0212. The maximum atomic E-state index is 12.4. The van der Waals surface area contributed by atoms with Gasteiger partial charge in [-0.05, 0) is 57.8 Å². The largest absolute Gasteiger partial charge is 0.466 e. The summed E-state index contributed by atoms with van der Waals surface area (Å²) in [5, 5.41) is 23.1. The minimum Gasteiger partial charge on any atom is -0.466 e. The number of rotatable bonds is 61. The highest BCUT2D eigenvalue weighted by Gasteiger charge is 2.20. The molecule has 0 spiro atoms. The Labute approximate surface area is 450 Å². The molecule has 0 saturated carbocycles. The lowest BCUT2D eigenvalue weighted by Gasteiger charge is -2.22. The van der Waals surface area contributed by atoms with Crippen LogP contribution in [0.3, 0.4) is 0 Å². The second kappa shape index (κ2) is 61.9. The highest BCUT2D eigenvalue weighted by molar-refractivity contribution is 5.76. The van der Waals surface area contributed by atoms with Crippen molar-refractivity contribution in [3.05, 3.63) is 24.3 Å². The maximum absolute atomic E-state index is 12.4. The number of allylic oxidation sites excluding steroid dienone is 4. The van der Waals surface area contributed by atoms with Crippen molar-refractivity contribution in [2.45, 2.75) is 373 Å². The topological polar surface area (TPSA) is 95.9 Å². The van der Waals surface area contributed by atoms with E-state index in [-0.39, 0.29) is 18.5 Å². The molecule has 0 aromatic carbocycles. The van der Waals surface area contributed by atoms with Crippen molar-refractivity contribution in [1.82, 2.24) is 5.32 Å². The SMILES string of the molecule is CCCCCC/C=C\C/C=C\CCCCCCCCCC(=O)OCCCCCCCCCCCCCCCCCCCCCCCCCCCCCCC(=O)NC(CO)C(O)CCCCCCCCCCC. The standard InChI is InChI=1S/C66H127NO5/c1-3-5-7-9-11-13-14-15-16-17-31-34-37-40-44-48-52-56-60-66(71)72-61-57-53-49-45-41-38-35-32-29-27-25-23-21-19-18-20-22-24-26-28-30-33-36-39-43-47-51-55-59-65(70)67-63(62-68)64(69)58-54-50-46-42-12-10-8-6-4-2/h13-14,16-17,63-64,68-69H,3-12,15,18-62H2,1-2H3,(H,67,70)/b14-13-,17-16-. The van der Waals surface area contributed by atoms with E-state index in [0.717, 1.165) is 51.4 Å². The summed E-state index contributed by atoms with van der Waals surface area (Å²) < 4.78 is 5.50. The fourth-order valence-electron chi connectivity index (χ4n) is 10.3. The smallest absolute Gasteiger partial charge is 0.305 e. The van der Waals surface area contributed by atoms with Gasteiger partial charge in [0.15, 0.2) is 0 Å². The maximum Gasteiger partial charge on any atom is 0.305 e. The van der Waals surface area contributed by atoms with Crippen LogP contribution in [0, 0.1) is 0 Å². The summed E-state index contributed by atoms with van der Waals surface area (Å²) in [7, 11) is 0. The third-order valence-corrected chi connectivity index (χ3v) is 15.3. The summed E-state index contributed by atoms with van der Waals surface area (Å²) in [6, 6.07) is -0.536. The lowest BCUT2D eigenvalue weighted by molar-refractivity contribution is -0.143. The Hall–Kier alpha value is -1.66. The first-order chi connectivity index (χ1) is 35.5. The molecule has 0 fully saturated rings. The minimum absolute atomic E-state index is 0.0117. The molecule has 0 aromatic rings. The molecular formula is C66H127NO5. The molecule has 0 rings (SSSR count). The molecular weight excluding hydrogens is 887 g/mol. The molecule has 0 radical (unpaired) electrons. The first kappa shape index (κ1) is 70.3. The normalized spacial score (nSPS) is 12.7. The van der Waals surface area contributed by atoms with Gasteiger partial charge in [0.2, 0.25) is 5.91 Å². The summed E-state index contributed by atoms with van der Waals surface area (Å²) in [6.45, 7) is 4.93. The molecule has 2 unspecified atom stereocenters. The van der Waals surface area contributed by atoms with Crippen molar-refractivity contribution < 1.29 is 24.5 Å². The van der Waals surface area contributed by atoms with Crippen molar-refractivity contribution in [2.75, 3.05) is 13.2 Å². The van der Waals surface area contributed by atoms with Gasteiger partial charge < -0.3 is 20.3 Å². The average molecular weight is 1010 g/mol. The molecule has 1 amide bonds. The van der Waals surface area contributed by atoms with Gasteiger partial charge in [0.1, 0.15) is 0 Å². The zero-order valence-electron chi connectivity index (χ0n) is 48.7. The first-order valence-electron chi connectivity index (χ1n) is 32.6. The number of aliphatic hydroxyl groups is 2. The van der Waals surface area contributed by atoms with E-state index < -0.39 is 12.1 Å². The van der Waals surface area contributed by atoms with Crippen LogP contribution < -0.4 is 5.32 Å². The molecule has 3 N–H and O–H groups in total. The number of hydrogen-bond donors (Lipinski definition) is 3. The van der Waals surface area contributed by atoms with Crippen LogP contribution in [0.25, 0.3) is 0 Å². The van der Waals surface area contributed by atoms with Crippen LogP contribution in [0.5, 0.6) is 0 Å². The zero-order valence-corrected chi connectivity index (χ0v) is 48.7. The Kier molecular flexibility index (Phi) is 60.5. The van der Waals surface area contributed by atoms with Gasteiger partial charge in [-0.25, -0.2) is 0 Å². The van der Waals surface area contributed by atoms with Crippen LogP contribution in [-0.2, 0) is 14.3 Å². The van der Waals surface area contributed by atoms with Gasteiger partial charge in [-0.1, -0.05) is 314 Å². The van der Waals surface area contributed by atoms with Crippen LogP contribution in [0.2, 0.25) is 0 Å². The second-order valence-electron chi connectivity index (χ2n) is 22.5. The van der Waals surface area contributed by atoms with Gasteiger partial charge in [-0.3, -0.25) is 9.59 Å². The Bertz CT molecular complexity index is 1120. The van der Waals surface area contributed by atoms with Gasteiger partial charge >= 0.3 is 5.97 Å². The quantitative estimate of drug-likeness (QED) is 0.0320. The number of unbranched alkanes of at least 4 members (excludes halogenated alkanes) is 46. The average Bonchev–Trinajstić information content (AvgIpc) is 3.38. The third-order valence-electron chi connectivity index (χ3n) is 15.3. The van der Waals surface area contributed by atoms with Gasteiger partial charge in [0, 0.05) is 12.8 Å². The van der Waals surface area contributed by atoms with Crippen LogP contribution in [0.15, 0.2) is 24.3 Å². The van der Waals surface area contributed by atoms with Gasteiger partial charge in [0.25, 0.3) is 0 Å². The Morgan fingerprint density at radius 1 is 0.389 bits per heavy atom. The van der Waals surface area contributed by atoms with Crippen LogP contribution in [-0.4, -0.2) is 47.4 Å². The van der Waals surface area contributed by atoms with Gasteiger partial charge in [-0.15, -0.1) is 0 Å². The van der Waals surface area contributed by atoms with Crippen molar-refractivity contribution in [3.63, 3.8) is 0 Å². The van der Waals surface area contributed by atoms with E-state index >= 15 is 0 Å². The number of nitrogens with one attached hydrogen (secondary N) is 1. The van der Waals surface area contributed by atoms with E-state index in [4.69, 9.17) is 4.74 Å². The minimum atomic E-state index is -0.659. The van der Waals surface area contributed by atoms with Crippen molar-refractivity contribution in [3.8, 4) is 0 Å². The highest BCUT2D eigenvalue weighted by Crippen LogP contribution is 2.18. The summed E-state index contributed by atoms with van der Waals surface area (Å²) in [6.07, 6.45) is 76.5. The van der Waals surface area contributed by atoms with Crippen LogP contribution in [0.1, 0.15) is 361 Å². The molecule has 0 aliphatic carbocycles. The second-order valence-corrected chi connectivity index (χ2v) is 22.5. The molecule has 72 heavy (non-hydrogen) atoms. The number of esters is 1. The third kappa shape index (κ3) is 57.6. The molecule has 0 saturated heterocycles. The first-order valence-corrected chi connectivity index (χ1v) is 32.6. The van der Waals surface area contributed by atoms with Crippen LogP contribution in [0.4, 0.5) is 0 Å². The summed E-state index contributed by atoms with van der Waals surface area (Å²) in [5.41, 5.74) is 0. The molecule has 0 aromatic heterocycles. The molecule has 2 atom stereocenters. The molecule has 0 aliphatic heterocycles. The highest BCUT2D eigenvalue weighted by atomic mass is 16.5. The van der Waals surface area contributed by atoms with Gasteiger partial charge in [0.05, 0.1) is 25.4 Å². The van der Waals surface area contributed by atoms with E-state index in [1.807, 2.05) is 0 Å². The predicted molar refractivity (Wildman–Crippen MR) is 315 cm³/mol. The zero-order chi connectivity index (χ0) is 52.2. The molecule has 0 aliphatic rings. The number of amides is 1. The molecule has 0 heterocycles. The van der Waals surface area contributed by atoms with Crippen molar-refractivity contribution in [2.24, 2.45) is 0 Å².